The summed E-state index contributed by atoms with van der Waals surface area (Å²) >= 11 is 5.66. The Balaban J connectivity index is 2.23. The van der Waals surface area contributed by atoms with Crippen molar-refractivity contribution >= 4 is 21.6 Å². The molecular weight excluding hydrogens is 286 g/mol. The van der Waals surface area contributed by atoms with E-state index in [2.05, 4.69) is 22.1 Å². The second kappa shape index (κ2) is 5.88. The maximum Gasteiger partial charge on any atom is 0.244 e. The molecule has 1 saturated heterocycles. The third-order valence-electron chi connectivity index (χ3n) is 2.79. The van der Waals surface area contributed by atoms with Gasteiger partial charge in [-0.15, -0.1) is 5.92 Å². The van der Waals surface area contributed by atoms with Crippen molar-refractivity contribution in [2.45, 2.75) is 17.9 Å². The van der Waals surface area contributed by atoms with Crippen LogP contribution in [-0.4, -0.2) is 43.4 Å². The molecule has 1 atom stereocenters. The SMILES string of the molecule is CC#CC1CN(S(=O)(=O)c2ccc(Cl)nc2)CCN1. The molecule has 1 unspecified atom stereocenters. The largest absolute Gasteiger partial charge is 0.301 e. The van der Waals surface area contributed by atoms with Crippen LogP contribution < -0.4 is 5.32 Å². The number of aromatic nitrogens is 1. The quantitative estimate of drug-likeness (QED) is 0.646. The lowest BCUT2D eigenvalue weighted by atomic mass is 10.2. The van der Waals surface area contributed by atoms with E-state index in [1.54, 1.807) is 6.92 Å². The van der Waals surface area contributed by atoms with Gasteiger partial charge in [0.15, 0.2) is 0 Å². The highest BCUT2D eigenvalue weighted by atomic mass is 35.5. The molecule has 1 aromatic rings. The van der Waals surface area contributed by atoms with Crippen molar-refractivity contribution in [3.63, 3.8) is 0 Å². The van der Waals surface area contributed by atoms with E-state index in [4.69, 9.17) is 11.6 Å². The maximum atomic E-state index is 12.4. The van der Waals surface area contributed by atoms with E-state index in [9.17, 15) is 8.42 Å². The molecule has 0 amide bonds. The predicted molar refractivity (Wildman–Crippen MR) is 73.2 cm³/mol. The van der Waals surface area contributed by atoms with E-state index in [-0.39, 0.29) is 16.1 Å². The zero-order valence-electron chi connectivity index (χ0n) is 10.4. The van der Waals surface area contributed by atoms with Crippen LogP contribution in [-0.2, 0) is 10.0 Å². The number of halogens is 1. The van der Waals surface area contributed by atoms with E-state index in [0.29, 0.717) is 19.6 Å². The first kappa shape index (κ1) is 14.3. The first-order valence-electron chi connectivity index (χ1n) is 5.81. The number of piperazine rings is 1. The molecule has 1 fully saturated rings. The van der Waals surface area contributed by atoms with Crippen LogP contribution in [0.4, 0.5) is 0 Å². The smallest absolute Gasteiger partial charge is 0.244 e. The standard InChI is InChI=1S/C12H14ClN3O2S/c1-2-3-10-9-16(7-6-14-10)19(17,18)11-4-5-12(13)15-8-11/h4-5,8,10,14H,6-7,9H2,1H3. The second-order valence-corrected chi connectivity index (χ2v) is 6.41. The summed E-state index contributed by atoms with van der Waals surface area (Å²) in [5.74, 6) is 5.74. The van der Waals surface area contributed by atoms with Gasteiger partial charge in [-0.3, -0.25) is 0 Å². The van der Waals surface area contributed by atoms with Crippen LogP contribution >= 0.6 is 11.6 Å². The van der Waals surface area contributed by atoms with Crippen LogP contribution in [0.15, 0.2) is 23.2 Å². The summed E-state index contributed by atoms with van der Waals surface area (Å²) in [4.78, 5) is 3.97. The van der Waals surface area contributed by atoms with Crippen LogP contribution in [0.5, 0.6) is 0 Å². The van der Waals surface area contributed by atoms with Crippen molar-refractivity contribution < 1.29 is 8.42 Å². The number of nitrogens with zero attached hydrogens (tertiary/aromatic N) is 2. The van der Waals surface area contributed by atoms with Gasteiger partial charge in [-0.25, -0.2) is 13.4 Å². The van der Waals surface area contributed by atoms with Gasteiger partial charge in [-0.1, -0.05) is 17.5 Å². The molecule has 1 aromatic heterocycles. The van der Waals surface area contributed by atoms with Gasteiger partial charge >= 0.3 is 0 Å². The van der Waals surface area contributed by atoms with Crippen LogP contribution in [0.3, 0.4) is 0 Å². The van der Waals surface area contributed by atoms with Gasteiger partial charge in [0.25, 0.3) is 0 Å². The fourth-order valence-corrected chi connectivity index (χ4v) is 3.39. The molecule has 0 aliphatic carbocycles. The van der Waals surface area contributed by atoms with Crippen LogP contribution in [0.2, 0.25) is 5.15 Å². The number of pyridine rings is 1. The Labute approximate surface area is 118 Å². The molecule has 2 rings (SSSR count). The van der Waals surface area contributed by atoms with Gasteiger partial charge in [0.1, 0.15) is 10.0 Å². The third kappa shape index (κ3) is 3.25. The zero-order chi connectivity index (χ0) is 13.9. The third-order valence-corrected chi connectivity index (χ3v) is 4.87. The summed E-state index contributed by atoms with van der Waals surface area (Å²) < 4.78 is 26.3. The van der Waals surface area contributed by atoms with Crippen LogP contribution in [0.1, 0.15) is 6.92 Å². The summed E-state index contributed by atoms with van der Waals surface area (Å²) in [5, 5.41) is 3.44. The summed E-state index contributed by atoms with van der Waals surface area (Å²) in [7, 11) is -3.53. The monoisotopic (exact) mass is 299 g/mol. The molecule has 0 bridgehead atoms. The minimum Gasteiger partial charge on any atom is -0.301 e. The van der Waals surface area contributed by atoms with Gasteiger partial charge in [-0.2, -0.15) is 4.31 Å². The Morgan fingerprint density at radius 3 is 2.95 bits per heavy atom. The topological polar surface area (TPSA) is 62.3 Å². The molecule has 7 heteroatoms. The molecule has 102 valence electrons. The number of rotatable bonds is 2. The molecule has 1 aliphatic rings. The van der Waals surface area contributed by atoms with Crippen molar-refractivity contribution in [2.24, 2.45) is 0 Å². The van der Waals surface area contributed by atoms with Crippen molar-refractivity contribution in [1.82, 2.24) is 14.6 Å². The van der Waals surface area contributed by atoms with E-state index >= 15 is 0 Å². The molecule has 0 radical (unpaired) electrons. The molecule has 5 nitrogen and oxygen atoms in total. The molecule has 0 spiro atoms. The molecule has 1 aliphatic heterocycles. The normalized spacial score (nSPS) is 20.6. The Morgan fingerprint density at radius 1 is 1.53 bits per heavy atom. The average molecular weight is 300 g/mol. The van der Waals surface area contributed by atoms with E-state index in [0.717, 1.165) is 0 Å². The Morgan fingerprint density at radius 2 is 2.32 bits per heavy atom. The minimum atomic E-state index is -3.53. The van der Waals surface area contributed by atoms with Crippen molar-refractivity contribution in [2.75, 3.05) is 19.6 Å². The highest BCUT2D eigenvalue weighted by Gasteiger charge is 2.29. The molecular formula is C12H14ClN3O2S. The fourth-order valence-electron chi connectivity index (χ4n) is 1.88. The van der Waals surface area contributed by atoms with Crippen LogP contribution in [0, 0.1) is 11.8 Å². The second-order valence-electron chi connectivity index (χ2n) is 4.08. The summed E-state index contributed by atoms with van der Waals surface area (Å²) in [5.41, 5.74) is 0. The molecule has 0 saturated carbocycles. The van der Waals surface area contributed by atoms with Gasteiger partial charge < -0.3 is 5.32 Å². The van der Waals surface area contributed by atoms with Gasteiger partial charge in [-0.05, 0) is 19.1 Å². The van der Waals surface area contributed by atoms with Gasteiger partial charge in [0.05, 0.1) is 6.04 Å². The summed E-state index contributed by atoms with van der Waals surface area (Å²) in [6.07, 6.45) is 1.28. The Bertz CT molecular complexity index is 604. The first-order chi connectivity index (χ1) is 9.04. The van der Waals surface area contributed by atoms with E-state index in [1.807, 2.05) is 0 Å². The molecule has 1 N–H and O–H groups in total. The Hall–Kier alpha value is -1.13. The van der Waals surface area contributed by atoms with Crippen molar-refractivity contribution in [3.05, 3.63) is 23.5 Å². The lowest BCUT2D eigenvalue weighted by molar-refractivity contribution is 0.331. The average Bonchev–Trinajstić information content (AvgIpc) is 2.40. The molecule has 0 aromatic carbocycles. The number of sulfonamides is 1. The van der Waals surface area contributed by atoms with Gasteiger partial charge in [0.2, 0.25) is 10.0 Å². The first-order valence-corrected chi connectivity index (χ1v) is 7.63. The van der Waals surface area contributed by atoms with Crippen LogP contribution in [0.25, 0.3) is 0 Å². The minimum absolute atomic E-state index is 0.131. The summed E-state index contributed by atoms with van der Waals surface area (Å²) in [6, 6.07) is 2.81. The lowest BCUT2D eigenvalue weighted by Crippen LogP contribution is -2.51. The number of nitrogens with one attached hydrogen (secondary N) is 1. The zero-order valence-corrected chi connectivity index (χ0v) is 12.0. The lowest BCUT2D eigenvalue weighted by Gasteiger charge is -2.30. The number of hydrogen-bond donors (Lipinski definition) is 1. The Kier molecular flexibility index (Phi) is 4.42. The molecule has 2 heterocycles. The van der Waals surface area contributed by atoms with Gasteiger partial charge in [0, 0.05) is 25.8 Å². The maximum absolute atomic E-state index is 12.4. The fraction of sp³-hybridized carbons (Fsp3) is 0.417. The number of hydrogen-bond acceptors (Lipinski definition) is 4. The highest BCUT2D eigenvalue weighted by molar-refractivity contribution is 7.89. The van der Waals surface area contributed by atoms with E-state index < -0.39 is 10.0 Å². The molecule has 19 heavy (non-hydrogen) atoms. The van der Waals surface area contributed by atoms with E-state index in [1.165, 1.54) is 22.6 Å². The van der Waals surface area contributed by atoms with Crippen molar-refractivity contribution in [3.8, 4) is 11.8 Å². The predicted octanol–water partition coefficient (Wildman–Crippen LogP) is 0.721. The van der Waals surface area contributed by atoms with Crippen molar-refractivity contribution in [1.29, 1.82) is 0 Å². The highest BCUT2D eigenvalue weighted by Crippen LogP contribution is 2.17. The summed E-state index contributed by atoms with van der Waals surface area (Å²) in [6.45, 7) is 3.08.